The minimum absolute atomic E-state index is 0.0231. The number of rotatable bonds is 20. The smallest absolute Gasteiger partial charge is 0.386 e. The minimum Gasteiger partial charge on any atom is -0.386 e. The predicted octanol–water partition coefficient (Wildman–Crippen LogP) is -1.75. The molecular formula is C24H38N7O18P3S. The number of aliphatic hydroxyl groups excluding tert-OH is 2. The zero-order valence-corrected chi connectivity index (χ0v) is 31.5. The number of imidazole rings is 1. The standard InChI is InChI=1S/C24H38N7O18P3S/c1-12(32)23(37)53-7-6-26-14(33)4-5-27-21(36)18(35)24(2,3)9-46-52(43,44)49-51(41,42)45-8-13-17(48-50(38,39)40)16(34)22(47-13)31-11-30-15-19(25)28-10-29-20(15)31/h10-11,13,16-18,22,34-35H,4-9H2,1-3H3,(H,26,33)(H,27,36)(H,41,42)(H,43,44)(H2,25,28,29)(H2,38,39,40). The number of aromatic nitrogens is 4. The van der Waals surface area contributed by atoms with Crippen LogP contribution in [0.4, 0.5) is 5.82 Å². The van der Waals surface area contributed by atoms with Crippen LogP contribution >= 0.6 is 35.2 Å². The number of nitrogens with one attached hydrogen (secondary N) is 2. The topological polar surface area (TPSA) is 381 Å². The van der Waals surface area contributed by atoms with Crippen molar-refractivity contribution in [3.63, 3.8) is 0 Å². The molecule has 7 atom stereocenters. The largest absolute Gasteiger partial charge is 0.481 e. The third-order valence-electron chi connectivity index (χ3n) is 7.02. The van der Waals surface area contributed by atoms with E-state index in [1.807, 2.05) is 0 Å². The Labute approximate surface area is 303 Å². The maximum Gasteiger partial charge on any atom is 0.481 e. The first kappa shape index (κ1) is 44.6. The fourth-order valence-electron chi connectivity index (χ4n) is 4.38. The van der Waals surface area contributed by atoms with Crippen LogP contribution in [0.3, 0.4) is 0 Å². The molecule has 0 spiro atoms. The predicted molar refractivity (Wildman–Crippen MR) is 178 cm³/mol. The molecule has 0 bridgehead atoms. The molecule has 3 rings (SSSR count). The van der Waals surface area contributed by atoms with Crippen LogP contribution in [0.25, 0.3) is 11.2 Å². The molecule has 0 radical (unpaired) electrons. The molecule has 2 amide bonds. The molecule has 0 saturated carbocycles. The van der Waals surface area contributed by atoms with Crippen molar-refractivity contribution in [2.45, 2.75) is 57.8 Å². The van der Waals surface area contributed by atoms with E-state index in [9.17, 15) is 62.7 Å². The molecule has 1 fully saturated rings. The van der Waals surface area contributed by atoms with Crippen LogP contribution in [0.2, 0.25) is 0 Å². The summed E-state index contributed by atoms with van der Waals surface area (Å²) in [7, 11) is -16.4. The van der Waals surface area contributed by atoms with Crippen molar-refractivity contribution in [2.24, 2.45) is 5.41 Å². The zero-order valence-electron chi connectivity index (χ0n) is 28.0. The number of nitrogens with two attached hydrogens (primary N) is 1. The molecule has 3 heterocycles. The van der Waals surface area contributed by atoms with Gasteiger partial charge in [0.2, 0.25) is 17.6 Å². The fourth-order valence-corrected chi connectivity index (χ4v) is 7.80. The highest BCUT2D eigenvalue weighted by Gasteiger charge is 2.50. The number of Topliss-reactive ketones (excluding diaryl/α,β-unsaturated/α-hetero) is 1. The van der Waals surface area contributed by atoms with Gasteiger partial charge in [-0.25, -0.2) is 28.6 Å². The summed E-state index contributed by atoms with van der Waals surface area (Å²) < 4.78 is 61.8. The molecule has 1 aliphatic heterocycles. The summed E-state index contributed by atoms with van der Waals surface area (Å²) in [6.07, 6.45) is -7.04. The molecule has 1 saturated heterocycles. The number of thioether (sulfide) groups is 1. The van der Waals surface area contributed by atoms with Crippen LogP contribution < -0.4 is 16.4 Å². The van der Waals surface area contributed by atoms with Gasteiger partial charge in [0.15, 0.2) is 17.7 Å². The Hall–Kier alpha value is -2.77. The number of carbonyl (C=O) groups excluding carboxylic acids is 4. The first-order valence-corrected chi connectivity index (χ1v) is 20.5. The highest BCUT2D eigenvalue weighted by atomic mass is 32.2. The molecule has 25 nitrogen and oxygen atoms in total. The van der Waals surface area contributed by atoms with Crippen molar-refractivity contribution in [1.82, 2.24) is 30.2 Å². The average molecular weight is 838 g/mol. The summed E-state index contributed by atoms with van der Waals surface area (Å²) in [5, 5.41) is 25.4. The molecule has 7 unspecified atom stereocenters. The van der Waals surface area contributed by atoms with Gasteiger partial charge in [0.1, 0.15) is 36.3 Å². The van der Waals surface area contributed by atoms with E-state index >= 15 is 0 Å². The Morgan fingerprint density at radius 1 is 1.06 bits per heavy atom. The molecule has 298 valence electrons. The molecule has 10 N–H and O–H groups in total. The van der Waals surface area contributed by atoms with Gasteiger partial charge in [0, 0.05) is 37.6 Å². The van der Waals surface area contributed by atoms with Gasteiger partial charge in [-0.15, -0.1) is 0 Å². The summed E-state index contributed by atoms with van der Waals surface area (Å²) in [5.74, 6) is -2.06. The number of phosphoric ester groups is 3. The SMILES string of the molecule is CC(=O)C(=O)SCCNC(=O)CCNC(=O)C(O)C(C)(C)COP(=O)(O)OP(=O)(O)OCC1OC(n2cnc3c(N)ncnc32)C(O)C1OP(=O)(O)O. The number of hydrogen-bond donors (Lipinski definition) is 9. The number of nitrogens with zero attached hydrogens (tertiary/aromatic N) is 4. The van der Waals surface area contributed by atoms with Crippen molar-refractivity contribution < 1.29 is 85.3 Å². The second kappa shape index (κ2) is 18.2. The molecule has 0 aromatic carbocycles. The summed E-state index contributed by atoms with van der Waals surface area (Å²) in [6.45, 7) is 1.34. The van der Waals surface area contributed by atoms with Crippen LogP contribution in [0.1, 0.15) is 33.4 Å². The first-order chi connectivity index (χ1) is 24.4. The van der Waals surface area contributed by atoms with Gasteiger partial charge in [-0.1, -0.05) is 25.6 Å². The Bertz CT molecular complexity index is 1810. The van der Waals surface area contributed by atoms with Gasteiger partial charge in [0.25, 0.3) is 5.12 Å². The number of carbonyl (C=O) groups is 4. The van der Waals surface area contributed by atoms with Gasteiger partial charge >= 0.3 is 23.5 Å². The van der Waals surface area contributed by atoms with Crippen LogP contribution in [0.15, 0.2) is 12.7 Å². The number of phosphoric acid groups is 3. The average Bonchev–Trinajstić information content (AvgIpc) is 3.60. The fraction of sp³-hybridized carbons (Fsp3) is 0.625. The summed E-state index contributed by atoms with van der Waals surface area (Å²) in [4.78, 5) is 97.3. The first-order valence-electron chi connectivity index (χ1n) is 15.0. The van der Waals surface area contributed by atoms with E-state index in [4.69, 9.17) is 19.5 Å². The van der Waals surface area contributed by atoms with E-state index in [2.05, 4.69) is 34.4 Å². The number of amides is 2. The molecule has 2 aromatic rings. The van der Waals surface area contributed by atoms with Crippen molar-refractivity contribution in [3.05, 3.63) is 12.7 Å². The maximum atomic E-state index is 12.6. The van der Waals surface area contributed by atoms with Gasteiger partial charge in [-0.3, -0.25) is 37.3 Å². The second-order valence-electron chi connectivity index (χ2n) is 11.8. The Kier molecular flexibility index (Phi) is 15.4. The highest BCUT2D eigenvalue weighted by Crippen LogP contribution is 2.61. The summed E-state index contributed by atoms with van der Waals surface area (Å²) in [6, 6.07) is 0. The van der Waals surface area contributed by atoms with Crippen molar-refractivity contribution in [2.75, 3.05) is 37.8 Å². The third-order valence-corrected chi connectivity index (χ3v) is 11.1. The Morgan fingerprint density at radius 2 is 1.72 bits per heavy atom. The van der Waals surface area contributed by atoms with Crippen molar-refractivity contribution in [1.29, 1.82) is 0 Å². The lowest BCUT2D eigenvalue weighted by Crippen LogP contribution is -2.46. The zero-order chi connectivity index (χ0) is 39.9. The number of ether oxygens (including phenoxy) is 1. The Morgan fingerprint density at radius 3 is 2.36 bits per heavy atom. The lowest BCUT2D eigenvalue weighted by Gasteiger charge is -2.30. The maximum absolute atomic E-state index is 12.6. The number of hydrogen-bond acceptors (Lipinski definition) is 19. The molecule has 2 aromatic heterocycles. The van der Waals surface area contributed by atoms with Gasteiger partial charge in [-0.05, 0) is 0 Å². The van der Waals surface area contributed by atoms with Crippen molar-refractivity contribution >= 4 is 74.9 Å². The monoisotopic (exact) mass is 837 g/mol. The van der Waals surface area contributed by atoms with Gasteiger partial charge < -0.3 is 50.9 Å². The molecule has 29 heteroatoms. The molecule has 0 aliphatic carbocycles. The second-order valence-corrected chi connectivity index (χ2v) is 17.1. The molecule has 53 heavy (non-hydrogen) atoms. The number of anilines is 1. The number of ketones is 1. The van der Waals surface area contributed by atoms with E-state index < -0.39 is 95.5 Å². The van der Waals surface area contributed by atoms with Gasteiger partial charge in [-0.2, -0.15) is 4.31 Å². The Balaban J connectivity index is 1.53. The van der Waals surface area contributed by atoms with Crippen molar-refractivity contribution in [3.8, 4) is 0 Å². The van der Waals surface area contributed by atoms with Crippen LogP contribution in [-0.4, -0.2) is 128 Å². The summed E-state index contributed by atoms with van der Waals surface area (Å²) in [5.41, 5.74) is 4.21. The van der Waals surface area contributed by atoms with E-state index in [0.29, 0.717) is 0 Å². The number of aliphatic hydroxyl groups is 2. The van der Waals surface area contributed by atoms with E-state index in [1.165, 1.54) is 13.8 Å². The number of nitrogen functional groups attached to an aromatic ring is 1. The van der Waals surface area contributed by atoms with Crippen LogP contribution in [-0.2, 0) is 55.5 Å². The van der Waals surface area contributed by atoms with E-state index in [-0.39, 0.29) is 42.2 Å². The highest BCUT2D eigenvalue weighted by molar-refractivity contribution is 8.15. The quantitative estimate of drug-likeness (QED) is 0.0406. The normalized spacial score (nSPS) is 22.1. The van der Waals surface area contributed by atoms with Gasteiger partial charge in [0.05, 0.1) is 19.5 Å². The van der Waals surface area contributed by atoms with E-state index in [0.717, 1.165) is 35.9 Å². The lowest BCUT2D eigenvalue weighted by molar-refractivity contribution is -0.137. The number of fused-ring (bicyclic) bond motifs is 1. The van der Waals surface area contributed by atoms with Crippen LogP contribution in [0, 0.1) is 5.41 Å². The minimum atomic E-state index is -5.58. The molecular weight excluding hydrogens is 799 g/mol. The molecule has 1 aliphatic rings. The lowest BCUT2D eigenvalue weighted by atomic mass is 9.87. The van der Waals surface area contributed by atoms with E-state index in [1.54, 1.807) is 0 Å². The van der Waals surface area contributed by atoms with Crippen LogP contribution in [0.5, 0.6) is 0 Å². The third kappa shape index (κ3) is 13.2. The summed E-state index contributed by atoms with van der Waals surface area (Å²) >= 11 is 0.729.